The molecule has 3 rings (SSSR count). The minimum absolute atomic E-state index is 0. The molecule has 1 aliphatic heterocycles. The number of alkyl halides is 2. The summed E-state index contributed by atoms with van der Waals surface area (Å²) in [6, 6.07) is 10.5. The molecule has 1 amide bonds. The average molecular weight is 455 g/mol. The molecule has 1 atom stereocenters. The maximum atomic E-state index is 14.5. The van der Waals surface area contributed by atoms with Crippen LogP contribution in [0.25, 0.3) is 5.32 Å². The van der Waals surface area contributed by atoms with Crippen molar-refractivity contribution in [2.45, 2.75) is 24.0 Å². The number of benzene rings is 2. The monoisotopic (exact) mass is 455 g/mol. The fraction of sp³-hybridized carbons (Fsp3) is 0.188. The van der Waals surface area contributed by atoms with Gasteiger partial charge in [-0.3, -0.25) is 4.18 Å². The molecule has 0 aliphatic carbocycles. The molecule has 5 nitrogen and oxygen atoms in total. The van der Waals surface area contributed by atoms with Gasteiger partial charge < -0.3 is 10.1 Å². The van der Waals surface area contributed by atoms with Gasteiger partial charge in [0.25, 0.3) is 16.0 Å². The minimum Gasteiger partial charge on any atom is -0.618 e. The quantitative estimate of drug-likeness (QED) is 0.526. The summed E-state index contributed by atoms with van der Waals surface area (Å²) in [7, 11) is -4.50. The van der Waals surface area contributed by atoms with Crippen LogP contribution < -0.4 is 0 Å². The van der Waals surface area contributed by atoms with Crippen molar-refractivity contribution in [1.82, 2.24) is 0 Å². The van der Waals surface area contributed by atoms with E-state index in [1.165, 1.54) is 42.5 Å². The summed E-state index contributed by atoms with van der Waals surface area (Å²) in [4.78, 5) is 11.6. The van der Waals surface area contributed by atoms with Crippen LogP contribution >= 0.6 is 0 Å². The summed E-state index contributed by atoms with van der Waals surface area (Å²) >= 11 is 0. The van der Waals surface area contributed by atoms with Gasteiger partial charge in [-0.25, -0.2) is 8.78 Å². The van der Waals surface area contributed by atoms with Gasteiger partial charge in [0.15, 0.2) is 0 Å². The second-order valence-electron chi connectivity index (χ2n) is 5.32. The molecule has 0 fully saturated rings. The Morgan fingerprint density at radius 3 is 2.32 bits per heavy atom. The summed E-state index contributed by atoms with van der Waals surface area (Å²) < 4.78 is 58.0. The second kappa shape index (κ2) is 6.90. The van der Waals surface area contributed by atoms with E-state index in [0.29, 0.717) is 0 Å². The molecule has 2 aromatic rings. The van der Waals surface area contributed by atoms with Gasteiger partial charge in [-0.1, -0.05) is 42.0 Å². The minimum atomic E-state index is -4.50. The molecule has 135 valence electrons. The third-order valence-electron chi connectivity index (χ3n) is 3.59. The SMILES string of the molecule is Cc1ccc(S(=O)(=O)OC2[N-]C(=O)c3ccccc3C2(F)F)cc1.[Rh]. The van der Waals surface area contributed by atoms with Crippen molar-refractivity contribution in [2.75, 3.05) is 0 Å². The molecule has 0 spiro atoms. The Labute approximate surface area is 156 Å². The Hall–Kier alpha value is -1.70. The number of halogens is 2. The second-order valence-corrected chi connectivity index (χ2v) is 6.89. The van der Waals surface area contributed by atoms with Crippen LogP contribution in [0.2, 0.25) is 0 Å². The first kappa shape index (κ1) is 19.6. The van der Waals surface area contributed by atoms with Crippen molar-refractivity contribution >= 4 is 16.0 Å². The number of carbonyl (C=O) groups is 1. The van der Waals surface area contributed by atoms with Gasteiger partial charge >= 0.3 is 0 Å². The smallest absolute Gasteiger partial charge is 0.296 e. The Kier molecular flexibility index (Phi) is 5.42. The number of carbonyl (C=O) groups excluding carboxylic acids is 1. The predicted octanol–water partition coefficient (Wildman–Crippen LogP) is 3.34. The Balaban J connectivity index is 0.00000225. The van der Waals surface area contributed by atoms with Crippen molar-refractivity contribution < 1.29 is 45.7 Å². The van der Waals surface area contributed by atoms with Crippen molar-refractivity contribution in [2.24, 2.45) is 0 Å². The van der Waals surface area contributed by atoms with E-state index in [1.807, 2.05) is 0 Å². The number of rotatable bonds is 3. The first-order valence-corrected chi connectivity index (χ1v) is 8.35. The largest absolute Gasteiger partial charge is 0.618 e. The van der Waals surface area contributed by atoms with E-state index in [1.54, 1.807) is 6.92 Å². The van der Waals surface area contributed by atoms with Gasteiger partial charge in [0.1, 0.15) is 0 Å². The van der Waals surface area contributed by atoms with Crippen LogP contribution in [0.15, 0.2) is 53.4 Å². The zero-order chi connectivity index (χ0) is 17.5. The molecule has 0 saturated carbocycles. The van der Waals surface area contributed by atoms with Crippen molar-refractivity contribution in [3.05, 3.63) is 70.5 Å². The van der Waals surface area contributed by atoms with E-state index < -0.39 is 33.7 Å². The van der Waals surface area contributed by atoms with Gasteiger partial charge in [0.2, 0.25) is 0 Å². The first-order valence-electron chi connectivity index (χ1n) is 6.94. The summed E-state index contributed by atoms with van der Waals surface area (Å²) in [5.41, 5.74) is -0.0741. The van der Waals surface area contributed by atoms with E-state index in [4.69, 9.17) is 0 Å². The van der Waals surface area contributed by atoms with Crippen molar-refractivity contribution in [3.63, 3.8) is 0 Å². The topological polar surface area (TPSA) is 74.5 Å². The Morgan fingerprint density at radius 2 is 1.68 bits per heavy atom. The van der Waals surface area contributed by atoms with Crippen LogP contribution in [0, 0.1) is 6.92 Å². The Bertz CT molecular complexity index is 901. The van der Waals surface area contributed by atoms with Gasteiger partial charge in [-0.15, -0.1) is 0 Å². The van der Waals surface area contributed by atoms with Crippen molar-refractivity contribution in [3.8, 4) is 0 Å². The molecule has 1 heterocycles. The normalized spacial score (nSPS) is 18.7. The zero-order valence-electron chi connectivity index (χ0n) is 12.8. The molecule has 1 radical (unpaired) electrons. The summed E-state index contributed by atoms with van der Waals surface area (Å²) in [5.74, 6) is -4.69. The van der Waals surface area contributed by atoms with E-state index in [9.17, 15) is 22.0 Å². The first-order chi connectivity index (χ1) is 11.2. The van der Waals surface area contributed by atoms with Crippen LogP contribution in [0.5, 0.6) is 0 Å². The molecular formula is C16H12F2NO4RhS-. The van der Waals surface area contributed by atoms with Crippen LogP contribution in [0.4, 0.5) is 8.78 Å². The maximum absolute atomic E-state index is 14.5. The van der Waals surface area contributed by atoms with E-state index in [-0.39, 0.29) is 29.9 Å². The maximum Gasteiger partial charge on any atom is 0.296 e. The summed E-state index contributed by atoms with van der Waals surface area (Å²) in [6.45, 7) is 1.75. The zero-order valence-corrected chi connectivity index (χ0v) is 15.2. The van der Waals surface area contributed by atoms with Gasteiger partial charge in [-0.05, 0) is 19.1 Å². The molecule has 0 N–H and O–H groups in total. The number of amides is 1. The molecule has 25 heavy (non-hydrogen) atoms. The number of hydrogen-bond donors (Lipinski definition) is 0. The van der Waals surface area contributed by atoms with Crippen LogP contribution in [0.1, 0.15) is 21.5 Å². The average Bonchev–Trinajstić information content (AvgIpc) is 2.53. The fourth-order valence-electron chi connectivity index (χ4n) is 2.31. The summed E-state index contributed by atoms with van der Waals surface area (Å²) in [5, 5.41) is 3.21. The Morgan fingerprint density at radius 1 is 1.08 bits per heavy atom. The molecule has 9 heteroatoms. The van der Waals surface area contributed by atoms with Crippen molar-refractivity contribution in [1.29, 1.82) is 0 Å². The molecule has 2 aromatic carbocycles. The third-order valence-corrected chi connectivity index (χ3v) is 4.87. The van der Waals surface area contributed by atoms with E-state index >= 15 is 0 Å². The predicted molar refractivity (Wildman–Crippen MR) is 81.3 cm³/mol. The molecule has 1 aliphatic rings. The standard InChI is InChI=1S/C16H13F2NO4S.Rh/c1-10-6-8-11(9-7-10)24(21,22)23-15-16(17,18)13-5-3-2-4-12(13)14(20)19-15;/h2-9,15H,1H3,(H,19,20);/p-1. The summed E-state index contributed by atoms with van der Waals surface area (Å²) in [6.07, 6.45) is -2.44. The number of nitrogens with zero attached hydrogens (tertiary/aromatic N) is 1. The number of aryl methyl sites for hydroxylation is 1. The molecule has 0 aromatic heterocycles. The van der Waals surface area contributed by atoms with Gasteiger partial charge in [0.05, 0.1) is 17.0 Å². The molecule has 0 bridgehead atoms. The molecule has 0 saturated heterocycles. The number of fused-ring (bicyclic) bond motifs is 1. The molecular weight excluding hydrogens is 443 g/mol. The van der Waals surface area contributed by atoms with E-state index in [2.05, 4.69) is 9.50 Å². The van der Waals surface area contributed by atoms with Crippen LogP contribution in [0.3, 0.4) is 0 Å². The third kappa shape index (κ3) is 3.63. The van der Waals surface area contributed by atoms with Gasteiger partial charge in [-0.2, -0.15) is 8.42 Å². The molecule has 1 unspecified atom stereocenters. The van der Waals surface area contributed by atoms with E-state index in [0.717, 1.165) is 11.6 Å². The van der Waals surface area contributed by atoms with Crippen LogP contribution in [-0.2, 0) is 39.7 Å². The van der Waals surface area contributed by atoms with Crippen LogP contribution in [-0.4, -0.2) is 20.6 Å². The number of hydrogen-bond acceptors (Lipinski definition) is 4. The van der Waals surface area contributed by atoms with Gasteiger partial charge in [0, 0.05) is 30.6 Å². The fourth-order valence-corrected chi connectivity index (χ4v) is 3.30.